The molecule has 0 spiro atoms. The number of aryl methyl sites for hydroxylation is 1. The number of para-hydroxylation sites is 1. The van der Waals surface area contributed by atoms with E-state index in [1.54, 1.807) is 28.9 Å². The van der Waals surface area contributed by atoms with Crippen LogP contribution in [0, 0.1) is 6.92 Å². The molecule has 148 valence electrons. The van der Waals surface area contributed by atoms with Gasteiger partial charge in [-0.2, -0.15) is 5.10 Å². The number of rotatable bonds is 5. The maximum absolute atomic E-state index is 13.0. The average molecular weight is 391 g/mol. The third-order valence-corrected chi connectivity index (χ3v) is 4.74. The van der Waals surface area contributed by atoms with E-state index in [-0.39, 0.29) is 12.3 Å². The van der Waals surface area contributed by atoms with Crippen molar-refractivity contribution < 1.29 is 19.1 Å². The number of carbonyl (C=O) groups is 2. The van der Waals surface area contributed by atoms with E-state index in [2.05, 4.69) is 10.4 Å². The maximum Gasteiger partial charge on any atom is 0.313 e. The van der Waals surface area contributed by atoms with Crippen LogP contribution in [0.5, 0.6) is 11.6 Å². The Kier molecular flexibility index (Phi) is 5.03. The van der Waals surface area contributed by atoms with E-state index < -0.39 is 11.9 Å². The highest BCUT2D eigenvalue weighted by atomic mass is 16.5. The Morgan fingerprint density at radius 2 is 1.93 bits per heavy atom. The first kappa shape index (κ1) is 18.7. The van der Waals surface area contributed by atoms with Crippen LogP contribution in [0.25, 0.3) is 5.69 Å². The van der Waals surface area contributed by atoms with Crippen LogP contribution in [0.2, 0.25) is 0 Å². The monoisotopic (exact) mass is 391 g/mol. The standard InChI is InChI=1S/C22H21N3O4/c1-3-28-17-11-9-15(10-12-17)23-21(27)18-13-19(26)29-22-20(18)14(2)24-25(22)16-7-5-4-6-8-16/h4-12,18H,3,13H2,1-2H3,(H,23,27)/t18-/m0/s1. The summed E-state index contributed by atoms with van der Waals surface area (Å²) in [6.07, 6.45) is -0.0306. The van der Waals surface area contributed by atoms with Gasteiger partial charge < -0.3 is 14.8 Å². The molecule has 7 heteroatoms. The van der Waals surface area contributed by atoms with Gasteiger partial charge in [-0.15, -0.1) is 0 Å². The van der Waals surface area contributed by atoms with Gasteiger partial charge in [-0.25, -0.2) is 4.68 Å². The lowest BCUT2D eigenvalue weighted by Gasteiger charge is -2.22. The zero-order valence-corrected chi connectivity index (χ0v) is 16.2. The zero-order chi connectivity index (χ0) is 20.4. The van der Waals surface area contributed by atoms with Gasteiger partial charge in [0.25, 0.3) is 0 Å². The Balaban J connectivity index is 1.63. The number of fused-ring (bicyclic) bond motifs is 1. The summed E-state index contributed by atoms with van der Waals surface area (Å²) in [5.41, 5.74) is 2.68. The summed E-state index contributed by atoms with van der Waals surface area (Å²) < 4.78 is 12.5. The van der Waals surface area contributed by atoms with E-state index in [9.17, 15) is 9.59 Å². The number of carbonyl (C=O) groups excluding carboxylic acids is 2. The molecule has 3 aromatic rings. The van der Waals surface area contributed by atoms with Gasteiger partial charge in [0.05, 0.1) is 35.9 Å². The Morgan fingerprint density at radius 1 is 1.21 bits per heavy atom. The molecular weight excluding hydrogens is 370 g/mol. The van der Waals surface area contributed by atoms with Crippen molar-refractivity contribution in [2.75, 3.05) is 11.9 Å². The van der Waals surface area contributed by atoms with Crippen LogP contribution in [0.4, 0.5) is 5.69 Å². The van der Waals surface area contributed by atoms with Crippen molar-refractivity contribution in [3.05, 3.63) is 65.9 Å². The molecule has 1 aliphatic rings. The van der Waals surface area contributed by atoms with Gasteiger partial charge in [0, 0.05) is 5.69 Å². The molecule has 0 saturated carbocycles. The van der Waals surface area contributed by atoms with Gasteiger partial charge in [-0.1, -0.05) is 18.2 Å². The van der Waals surface area contributed by atoms with Crippen molar-refractivity contribution in [1.29, 1.82) is 0 Å². The minimum Gasteiger partial charge on any atom is -0.494 e. The van der Waals surface area contributed by atoms with Gasteiger partial charge in [0.15, 0.2) is 0 Å². The van der Waals surface area contributed by atoms with Crippen molar-refractivity contribution in [1.82, 2.24) is 9.78 Å². The van der Waals surface area contributed by atoms with Crippen molar-refractivity contribution in [2.45, 2.75) is 26.2 Å². The van der Waals surface area contributed by atoms with Crippen LogP contribution in [0.15, 0.2) is 54.6 Å². The molecule has 0 bridgehead atoms. The lowest BCUT2D eigenvalue weighted by molar-refractivity contribution is -0.138. The number of hydrogen-bond acceptors (Lipinski definition) is 5. The summed E-state index contributed by atoms with van der Waals surface area (Å²) in [5, 5.41) is 7.39. The molecule has 1 atom stereocenters. The van der Waals surface area contributed by atoms with Crippen molar-refractivity contribution >= 4 is 17.6 Å². The van der Waals surface area contributed by atoms with Crippen molar-refractivity contribution in [2.24, 2.45) is 0 Å². The Hall–Kier alpha value is -3.61. The molecule has 1 aliphatic heterocycles. The molecule has 0 saturated heterocycles. The van der Waals surface area contributed by atoms with E-state index in [0.29, 0.717) is 29.4 Å². The predicted octanol–water partition coefficient (Wildman–Crippen LogP) is 3.61. The Bertz CT molecular complexity index is 1040. The fourth-order valence-electron chi connectivity index (χ4n) is 3.43. The summed E-state index contributed by atoms with van der Waals surface area (Å²) in [6.45, 7) is 4.30. The molecule has 0 fully saturated rings. The highest BCUT2D eigenvalue weighted by molar-refractivity contribution is 5.99. The molecule has 7 nitrogen and oxygen atoms in total. The summed E-state index contributed by atoms with van der Waals surface area (Å²) in [7, 11) is 0. The highest BCUT2D eigenvalue weighted by Gasteiger charge is 2.37. The second-order valence-corrected chi connectivity index (χ2v) is 6.73. The second-order valence-electron chi connectivity index (χ2n) is 6.73. The molecule has 0 unspecified atom stereocenters. The molecule has 29 heavy (non-hydrogen) atoms. The van der Waals surface area contributed by atoms with Crippen molar-refractivity contribution in [3.63, 3.8) is 0 Å². The number of esters is 1. The molecule has 0 radical (unpaired) electrons. The fourth-order valence-corrected chi connectivity index (χ4v) is 3.43. The third-order valence-electron chi connectivity index (χ3n) is 4.74. The number of ether oxygens (including phenoxy) is 2. The normalized spacial score (nSPS) is 15.4. The highest BCUT2D eigenvalue weighted by Crippen LogP contribution is 2.38. The first-order chi connectivity index (χ1) is 14.1. The molecule has 1 aromatic heterocycles. The molecule has 2 aromatic carbocycles. The lowest BCUT2D eigenvalue weighted by Crippen LogP contribution is -2.30. The van der Waals surface area contributed by atoms with Crippen molar-refractivity contribution in [3.8, 4) is 17.3 Å². The number of amides is 1. The number of hydrogen-bond donors (Lipinski definition) is 1. The van der Waals surface area contributed by atoms with E-state index in [1.807, 2.05) is 44.2 Å². The van der Waals surface area contributed by atoms with E-state index in [4.69, 9.17) is 9.47 Å². The van der Waals surface area contributed by atoms with E-state index >= 15 is 0 Å². The smallest absolute Gasteiger partial charge is 0.313 e. The minimum atomic E-state index is -0.671. The maximum atomic E-state index is 13.0. The third kappa shape index (κ3) is 3.71. The number of benzene rings is 2. The van der Waals surface area contributed by atoms with Crippen LogP contribution in [0.3, 0.4) is 0 Å². The Labute approximate surface area is 168 Å². The molecular formula is C22H21N3O4. The van der Waals surface area contributed by atoms with Gasteiger partial charge in [0.1, 0.15) is 5.75 Å². The molecule has 0 aliphatic carbocycles. The number of anilines is 1. The summed E-state index contributed by atoms with van der Waals surface area (Å²) in [4.78, 5) is 25.2. The zero-order valence-electron chi connectivity index (χ0n) is 16.2. The number of aromatic nitrogens is 2. The Morgan fingerprint density at radius 3 is 2.62 bits per heavy atom. The van der Waals surface area contributed by atoms with Crippen LogP contribution in [0.1, 0.15) is 30.5 Å². The van der Waals surface area contributed by atoms with Gasteiger partial charge >= 0.3 is 5.97 Å². The van der Waals surface area contributed by atoms with Gasteiger partial charge in [-0.05, 0) is 50.2 Å². The van der Waals surface area contributed by atoms with E-state index in [0.717, 1.165) is 11.4 Å². The average Bonchev–Trinajstić information content (AvgIpc) is 3.06. The van der Waals surface area contributed by atoms with Crippen LogP contribution >= 0.6 is 0 Å². The minimum absolute atomic E-state index is 0.0306. The summed E-state index contributed by atoms with van der Waals surface area (Å²) in [5.74, 6) is -0.370. The second kappa shape index (κ2) is 7.79. The topological polar surface area (TPSA) is 82.4 Å². The molecule has 1 N–H and O–H groups in total. The summed E-state index contributed by atoms with van der Waals surface area (Å²) >= 11 is 0. The fraction of sp³-hybridized carbons (Fsp3) is 0.227. The largest absolute Gasteiger partial charge is 0.494 e. The number of nitrogens with one attached hydrogen (secondary N) is 1. The number of nitrogens with zero attached hydrogens (tertiary/aromatic N) is 2. The SMILES string of the molecule is CCOc1ccc(NC(=O)[C@H]2CC(=O)Oc3c2c(C)nn3-c2ccccc2)cc1. The summed E-state index contributed by atoms with van der Waals surface area (Å²) in [6, 6.07) is 16.5. The lowest BCUT2D eigenvalue weighted by atomic mass is 9.93. The first-order valence-corrected chi connectivity index (χ1v) is 9.46. The molecule has 2 heterocycles. The quantitative estimate of drug-likeness (QED) is 0.672. The predicted molar refractivity (Wildman–Crippen MR) is 108 cm³/mol. The molecule has 1 amide bonds. The van der Waals surface area contributed by atoms with E-state index in [1.165, 1.54) is 0 Å². The van der Waals surface area contributed by atoms with Crippen LogP contribution in [-0.2, 0) is 9.59 Å². The van der Waals surface area contributed by atoms with Crippen LogP contribution in [-0.4, -0.2) is 28.3 Å². The van der Waals surface area contributed by atoms with Gasteiger partial charge in [0.2, 0.25) is 11.8 Å². The first-order valence-electron chi connectivity index (χ1n) is 9.46. The van der Waals surface area contributed by atoms with Crippen LogP contribution < -0.4 is 14.8 Å². The van der Waals surface area contributed by atoms with Gasteiger partial charge in [-0.3, -0.25) is 9.59 Å². The molecule has 4 rings (SSSR count).